The maximum Gasteiger partial charge on any atom is 0.292 e. The zero-order valence-electron chi connectivity index (χ0n) is 13.2. The molecule has 0 atom stereocenters. The highest BCUT2D eigenvalue weighted by Crippen LogP contribution is 2.23. The first-order chi connectivity index (χ1) is 11.5. The van der Waals surface area contributed by atoms with Crippen LogP contribution in [0.3, 0.4) is 0 Å². The number of hydrogen-bond donors (Lipinski definition) is 1. The van der Waals surface area contributed by atoms with E-state index in [2.05, 4.69) is 5.32 Å². The van der Waals surface area contributed by atoms with Gasteiger partial charge in [-0.25, -0.2) is 0 Å². The van der Waals surface area contributed by atoms with Crippen LogP contribution in [0.5, 0.6) is 0 Å². The molecule has 0 aliphatic heterocycles. The number of benzene rings is 2. The summed E-state index contributed by atoms with van der Waals surface area (Å²) in [6.45, 7) is 0.737. The van der Waals surface area contributed by atoms with Crippen molar-refractivity contribution in [3.05, 3.63) is 69.2 Å². The molecule has 2 aromatic rings. The van der Waals surface area contributed by atoms with Crippen molar-refractivity contribution in [2.24, 2.45) is 0 Å². The molecule has 0 saturated carbocycles. The van der Waals surface area contributed by atoms with E-state index in [0.717, 1.165) is 5.56 Å². The third-order valence-electron chi connectivity index (χ3n) is 3.55. The number of carbonyl (C=O) groups is 1. The van der Waals surface area contributed by atoms with E-state index in [0.29, 0.717) is 23.8 Å². The second-order valence-electron chi connectivity index (χ2n) is 5.29. The molecule has 2 aromatic carbocycles. The summed E-state index contributed by atoms with van der Waals surface area (Å²) in [5.41, 5.74) is 1.28. The lowest BCUT2D eigenvalue weighted by molar-refractivity contribution is -0.384. The van der Waals surface area contributed by atoms with Gasteiger partial charge in [0.15, 0.2) is 0 Å². The van der Waals surface area contributed by atoms with E-state index in [4.69, 9.17) is 11.6 Å². The van der Waals surface area contributed by atoms with Crippen LogP contribution >= 0.6 is 11.6 Å². The molecule has 0 radical (unpaired) electrons. The van der Waals surface area contributed by atoms with Gasteiger partial charge in [0.1, 0.15) is 5.69 Å². The Morgan fingerprint density at radius 3 is 2.58 bits per heavy atom. The standard InChI is InChI=1S/C17H18ClN3O3/c1-20(12-13-6-2-3-7-14(13)18)17(22)10-11-19-15-8-4-5-9-16(15)21(23)24/h2-9,19H,10-12H2,1H3. The first-order valence-electron chi connectivity index (χ1n) is 7.43. The molecule has 0 fully saturated rings. The number of amides is 1. The topological polar surface area (TPSA) is 75.5 Å². The van der Waals surface area contributed by atoms with Crippen LogP contribution in [-0.2, 0) is 11.3 Å². The van der Waals surface area contributed by atoms with Crippen molar-refractivity contribution in [1.29, 1.82) is 0 Å². The minimum Gasteiger partial charge on any atom is -0.379 e. The summed E-state index contributed by atoms with van der Waals surface area (Å²) in [5, 5.41) is 14.5. The largest absolute Gasteiger partial charge is 0.379 e. The Labute approximate surface area is 145 Å². The molecule has 0 aliphatic rings. The monoisotopic (exact) mass is 347 g/mol. The highest BCUT2D eigenvalue weighted by atomic mass is 35.5. The SMILES string of the molecule is CN(Cc1ccccc1Cl)C(=O)CCNc1ccccc1[N+](=O)[O-]. The third-order valence-corrected chi connectivity index (χ3v) is 3.91. The summed E-state index contributed by atoms with van der Waals surface area (Å²) in [5.74, 6) is -0.0685. The first-order valence-corrected chi connectivity index (χ1v) is 7.81. The van der Waals surface area contributed by atoms with Gasteiger partial charge in [0.05, 0.1) is 4.92 Å². The Kier molecular flexibility index (Phi) is 6.14. The first kappa shape index (κ1) is 17.7. The molecular weight excluding hydrogens is 330 g/mol. The van der Waals surface area contributed by atoms with Crippen LogP contribution in [0.1, 0.15) is 12.0 Å². The molecule has 0 aromatic heterocycles. The van der Waals surface area contributed by atoms with E-state index in [1.165, 1.54) is 6.07 Å². The van der Waals surface area contributed by atoms with E-state index in [9.17, 15) is 14.9 Å². The minimum absolute atomic E-state index is 0.00521. The van der Waals surface area contributed by atoms with Crippen molar-refractivity contribution < 1.29 is 9.72 Å². The van der Waals surface area contributed by atoms with Crippen LogP contribution in [-0.4, -0.2) is 29.3 Å². The second kappa shape index (κ2) is 8.31. The Morgan fingerprint density at radius 2 is 1.88 bits per heavy atom. The lowest BCUT2D eigenvalue weighted by Gasteiger charge is -2.18. The van der Waals surface area contributed by atoms with Gasteiger partial charge in [-0.2, -0.15) is 0 Å². The zero-order chi connectivity index (χ0) is 17.5. The highest BCUT2D eigenvalue weighted by Gasteiger charge is 2.14. The summed E-state index contributed by atoms with van der Waals surface area (Å²) < 4.78 is 0. The van der Waals surface area contributed by atoms with Gasteiger partial charge in [0, 0.05) is 37.6 Å². The zero-order valence-corrected chi connectivity index (χ0v) is 14.0. The van der Waals surface area contributed by atoms with Gasteiger partial charge in [-0.05, 0) is 17.7 Å². The molecule has 0 spiro atoms. The summed E-state index contributed by atoms with van der Waals surface area (Å²) in [6.07, 6.45) is 0.229. The van der Waals surface area contributed by atoms with Gasteiger partial charge >= 0.3 is 0 Å². The number of nitrogens with one attached hydrogen (secondary N) is 1. The van der Waals surface area contributed by atoms with E-state index in [-0.39, 0.29) is 18.0 Å². The van der Waals surface area contributed by atoms with Gasteiger partial charge in [-0.1, -0.05) is 41.9 Å². The molecular formula is C17H18ClN3O3. The van der Waals surface area contributed by atoms with Gasteiger partial charge in [-0.3, -0.25) is 14.9 Å². The lowest BCUT2D eigenvalue weighted by Crippen LogP contribution is -2.28. The van der Waals surface area contributed by atoms with E-state index >= 15 is 0 Å². The van der Waals surface area contributed by atoms with Crippen molar-refractivity contribution in [1.82, 2.24) is 4.90 Å². The van der Waals surface area contributed by atoms with Crippen LogP contribution < -0.4 is 5.32 Å². The maximum atomic E-state index is 12.2. The van der Waals surface area contributed by atoms with Crippen LogP contribution in [0.2, 0.25) is 5.02 Å². The average Bonchev–Trinajstić information content (AvgIpc) is 2.57. The minimum atomic E-state index is -0.451. The van der Waals surface area contributed by atoms with E-state index in [1.807, 2.05) is 18.2 Å². The third kappa shape index (κ3) is 4.70. The molecule has 0 unspecified atom stereocenters. The lowest BCUT2D eigenvalue weighted by atomic mass is 10.2. The van der Waals surface area contributed by atoms with Gasteiger partial charge < -0.3 is 10.2 Å². The number of anilines is 1. The summed E-state index contributed by atoms with van der Waals surface area (Å²) >= 11 is 6.09. The molecule has 0 heterocycles. The van der Waals surface area contributed by atoms with Crippen LogP contribution in [0.25, 0.3) is 0 Å². The van der Waals surface area contributed by atoms with Crippen molar-refractivity contribution in [2.75, 3.05) is 18.9 Å². The Morgan fingerprint density at radius 1 is 1.21 bits per heavy atom. The quantitative estimate of drug-likeness (QED) is 0.612. The number of hydrogen-bond acceptors (Lipinski definition) is 4. The smallest absolute Gasteiger partial charge is 0.292 e. The van der Waals surface area contributed by atoms with Gasteiger partial charge in [0.2, 0.25) is 5.91 Å². The molecule has 0 bridgehead atoms. The summed E-state index contributed by atoms with van der Waals surface area (Å²) in [4.78, 5) is 24.3. The predicted octanol–water partition coefficient (Wildman–Crippen LogP) is 3.71. The number of nitro groups is 1. The van der Waals surface area contributed by atoms with Gasteiger partial charge in [0.25, 0.3) is 5.69 Å². The average molecular weight is 348 g/mol. The van der Waals surface area contributed by atoms with Crippen LogP contribution in [0.15, 0.2) is 48.5 Å². The second-order valence-corrected chi connectivity index (χ2v) is 5.70. The number of nitro benzene ring substituents is 1. The van der Waals surface area contributed by atoms with Crippen molar-refractivity contribution in [3.63, 3.8) is 0 Å². The number of halogens is 1. The van der Waals surface area contributed by atoms with Crippen molar-refractivity contribution in [3.8, 4) is 0 Å². The summed E-state index contributed by atoms with van der Waals surface area (Å²) in [6, 6.07) is 13.7. The molecule has 126 valence electrons. The van der Waals surface area contributed by atoms with Crippen LogP contribution in [0, 0.1) is 10.1 Å². The summed E-state index contributed by atoms with van der Waals surface area (Å²) in [7, 11) is 1.70. The fourth-order valence-corrected chi connectivity index (χ4v) is 2.44. The van der Waals surface area contributed by atoms with Crippen molar-refractivity contribution >= 4 is 28.9 Å². The Hall–Kier alpha value is -2.60. The Bertz CT molecular complexity index is 737. The number of rotatable bonds is 7. The fraction of sp³-hybridized carbons (Fsp3) is 0.235. The fourth-order valence-electron chi connectivity index (χ4n) is 2.25. The maximum absolute atomic E-state index is 12.2. The van der Waals surface area contributed by atoms with Crippen LogP contribution in [0.4, 0.5) is 11.4 Å². The molecule has 0 saturated heterocycles. The normalized spacial score (nSPS) is 10.2. The Balaban J connectivity index is 1.87. The molecule has 24 heavy (non-hydrogen) atoms. The molecule has 1 amide bonds. The predicted molar refractivity (Wildman–Crippen MR) is 94.1 cm³/mol. The van der Waals surface area contributed by atoms with E-state index < -0.39 is 4.92 Å². The molecule has 0 aliphatic carbocycles. The molecule has 1 N–H and O–H groups in total. The molecule has 2 rings (SSSR count). The highest BCUT2D eigenvalue weighted by molar-refractivity contribution is 6.31. The van der Waals surface area contributed by atoms with E-state index in [1.54, 1.807) is 36.2 Å². The number of para-hydroxylation sites is 2. The molecule has 6 nitrogen and oxygen atoms in total. The van der Waals surface area contributed by atoms with Gasteiger partial charge in [-0.15, -0.1) is 0 Å². The van der Waals surface area contributed by atoms with Crippen molar-refractivity contribution in [2.45, 2.75) is 13.0 Å². The number of nitrogens with zero attached hydrogens (tertiary/aromatic N) is 2. The number of carbonyl (C=O) groups excluding carboxylic acids is 1. The molecule has 7 heteroatoms.